The van der Waals surface area contributed by atoms with E-state index in [4.69, 9.17) is 9.47 Å². The molecule has 1 amide bonds. The summed E-state index contributed by atoms with van der Waals surface area (Å²) in [5, 5.41) is 3.02. The normalized spacial score (nSPS) is 27.2. The number of benzene rings is 2. The fourth-order valence-corrected chi connectivity index (χ4v) is 5.73. The molecule has 0 unspecified atom stereocenters. The van der Waals surface area contributed by atoms with E-state index in [-0.39, 0.29) is 23.3 Å². The maximum Gasteiger partial charge on any atom is 0.407 e. The minimum atomic E-state index is -0.537. The van der Waals surface area contributed by atoms with Gasteiger partial charge in [0.2, 0.25) is 0 Å². The van der Waals surface area contributed by atoms with Crippen molar-refractivity contribution < 1.29 is 23.0 Å². The Labute approximate surface area is 193 Å². The van der Waals surface area contributed by atoms with E-state index in [0.29, 0.717) is 23.5 Å². The number of rotatable bonds is 4. The number of hydrogen-bond acceptors (Lipinski definition) is 4. The maximum atomic E-state index is 15.2. The number of fused-ring (bicyclic) bond motifs is 4. The Kier molecular flexibility index (Phi) is 5.55. The van der Waals surface area contributed by atoms with E-state index >= 15 is 4.39 Å². The van der Waals surface area contributed by atoms with Crippen LogP contribution in [-0.2, 0) is 11.2 Å². The number of nitrogens with zero attached hydrogens (tertiary/aromatic N) is 1. The van der Waals surface area contributed by atoms with Crippen LogP contribution >= 0.6 is 0 Å². The zero-order chi connectivity index (χ0) is 23.3. The molecule has 0 spiro atoms. The van der Waals surface area contributed by atoms with Gasteiger partial charge in [0.1, 0.15) is 11.9 Å². The zero-order valence-electron chi connectivity index (χ0n) is 19.3. The summed E-state index contributed by atoms with van der Waals surface area (Å²) >= 11 is 0. The van der Waals surface area contributed by atoms with E-state index in [2.05, 4.69) is 24.1 Å². The van der Waals surface area contributed by atoms with Crippen molar-refractivity contribution in [1.29, 1.82) is 0 Å². The fourth-order valence-electron chi connectivity index (χ4n) is 5.73. The average Bonchev–Trinajstić information content (AvgIpc) is 3.02. The van der Waals surface area contributed by atoms with Crippen molar-refractivity contribution in [2.24, 2.45) is 11.3 Å². The van der Waals surface area contributed by atoms with Crippen molar-refractivity contribution in [2.75, 3.05) is 26.7 Å². The molecule has 33 heavy (non-hydrogen) atoms. The second-order valence-electron chi connectivity index (χ2n) is 10.2. The molecule has 2 bridgehead atoms. The summed E-state index contributed by atoms with van der Waals surface area (Å²) in [6.45, 7) is 7.05. The smallest absolute Gasteiger partial charge is 0.407 e. The largest absolute Gasteiger partial charge is 0.494 e. The third kappa shape index (κ3) is 4.07. The number of hydrogen-bond donors (Lipinski definition) is 1. The minimum Gasteiger partial charge on any atom is -0.494 e. The quantitative estimate of drug-likeness (QED) is 0.697. The number of methoxy groups -OCH3 is 1. The molecule has 0 aromatic heterocycles. The van der Waals surface area contributed by atoms with Crippen LogP contribution in [0.5, 0.6) is 5.75 Å². The van der Waals surface area contributed by atoms with E-state index in [1.54, 1.807) is 12.1 Å². The van der Waals surface area contributed by atoms with Crippen molar-refractivity contribution in [3.05, 3.63) is 53.1 Å². The molecule has 4 aliphatic rings. The van der Waals surface area contributed by atoms with Gasteiger partial charge in [-0.25, -0.2) is 13.6 Å². The highest BCUT2D eigenvalue weighted by Crippen LogP contribution is 2.47. The Morgan fingerprint density at radius 2 is 1.88 bits per heavy atom. The van der Waals surface area contributed by atoms with E-state index in [1.165, 1.54) is 25.3 Å². The number of alkyl carbamates (subject to hydrolysis) is 1. The molecular weight excluding hydrogens is 426 g/mol. The lowest BCUT2D eigenvalue weighted by Crippen LogP contribution is -2.53. The predicted octanol–water partition coefficient (Wildman–Crippen LogP) is 5.08. The first-order valence-corrected chi connectivity index (χ1v) is 11.6. The van der Waals surface area contributed by atoms with E-state index in [0.717, 1.165) is 43.6 Å². The van der Waals surface area contributed by atoms with Crippen molar-refractivity contribution >= 4 is 6.09 Å². The molecule has 0 saturated carbocycles. The molecule has 3 aliphatic heterocycles. The Balaban J connectivity index is 1.37. The van der Waals surface area contributed by atoms with Gasteiger partial charge < -0.3 is 14.8 Å². The second-order valence-corrected chi connectivity index (χ2v) is 10.2. The van der Waals surface area contributed by atoms with Crippen LogP contribution in [-0.4, -0.2) is 43.8 Å². The van der Waals surface area contributed by atoms with Crippen LogP contribution in [0.3, 0.4) is 0 Å². The third-order valence-corrected chi connectivity index (χ3v) is 7.55. The standard InChI is InChI=1S/C26H30F2N2O3/c1-26(2)13-17-10-18(16-4-5-22(32-3)21(28)11-16)20(27)12-19(17)24(26)29-25(31)33-23-14-30-8-6-15(23)7-9-30/h4-5,10-12,15,23-24H,6-9,13-14H2,1-3H3,(H,29,31)/t23-,24+/m1/s1. The van der Waals surface area contributed by atoms with Crippen LogP contribution in [0.25, 0.3) is 11.1 Å². The SMILES string of the molecule is COc1ccc(-c2cc3c(cc2F)[C@H](NC(=O)O[C@@H]2CN4CCC2CC4)C(C)(C)C3)cc1F. The van der Waals surface area contributed by atoms with Gasteiger partial charge in [0, 0.05) is 12.1 Å². The monoisotopic (exact) mass is 456 g/mol. The van der Waals surface area contributed by atoms with Gasteiger partial charge in [0.05, 0.1) is 13.2 Å². The summed E-state index contributed by atoms with van der Waals surface area (Å²) in [4.78, 5) is 15.2. The lowest BCUT2D eigenvalue weighted by molar-refractivity contribution is -0.0349. The van der Waals surface area contributed by atoms with Crippen LogP contribution in [0.1, 0.15) is 43.9 Å². The number of carbonyl (C=O) groups excluding carboxylic acids is 1. The number of carbonyl (C=O) groups is 1. The van der Waals surface area contributed by atoms with Crippen molar-refractivity contribution in [3.8, 4) is 16.9 Å². The molecular formula is C26H30F2N2O3. The van der Waals surface area contributed by atoms with Crippen LogP contribution in [0.2, 0.25) is 0 Å². The van der Waals surface area contributed by atoms with Crippen molar-refractivity contribution in [3.63, 3.8) is 0 Å². The minimum absolute atomic E-state index is 0.0828. The summed E-state index contributed by atoms with van der Waals surface area (Å²) in [6.07, 6.45) is 2.27. The summed E-state index contributed by atoms with van der Waals surface area (Å²) in [7, 11) is 1.39. The highest BCUT2D eigenvalue weighted by atomic mass is 19.1. The van der Waals surface area contributed by atoms with Gasteiger partial charge in [-0.1, -0.05) is 19.9 Å². The van der Waals surface area contributed by atoms with Crippen molar-refractivity contribution in [2.45, 2.75) is 45.3 Å². The zero-order valence-corrected chi connectivity index (χ0v) is 19.3. The van der Waals surface area contributed by atoms with Crippen LogP contribution in [0.15, 0.2) is 30.3 Å². The van der Waals surface area contributed by atoms with Gasteiger partial charge >= 0.3 is 6.09 Å². The van der Waals surface area contributed by atoms with Gasteiger partial charge in [-0.15, -0.1) is 0 Å². The molecule has 1 aliphatic carbocycles. The molecule has 7 heteroatoms. The average molecular weight is 457 g/mol. The molecule has 0 radical (unpaired) electrons. The van der Waals surface area contributed by atoms with E-state index < -0.39 is 17.7 Å². The first-order chi connectivity index (χ1) is 15.7. The van der Waals surface area contributed by atoms with Gasteiger partial charge in [-0.2, -0.15) is 0 Å². The maximum absolute atomic E-state index is 15.2. The molecule has 6 rings (SSSR count). The number of ether oxygens (including phenoxy) is 2. The molecule has 3 saturated heterocycles. The number of halogens is 2. The van der Waals surface area contributed by atoms with E-state index in [9.17, 15) is 9.18 Å². The molecule has 5 nitrogen and oxygen atoms in total. The van der Waals surface area contributed by atoms with Crippen molar-refractivity contribution in [1.82, 2.24) is 10.2 Å². The van der Waals surface area contributed by atoms with E-state index in [1.807, 2.05) is 0 Å². The predicted molar refractivity (Wildman–Crippen MR) is 121 cm³/mol. The van der Waals surface area contributed by atoms with Crippen LogP contribution in [0.4, 0.5) is 13.6 Å². The van der Waals surface area contributed by atoms with Crippen LogP contribution < -0.4 is 10.1 Å². The number of nitrogens with one attached hydrogen (secondary N) is 1. The summed E-state index contributed by atoms with van der Waals surface area (Å²) in [5.41, 5.74) is 2.17. The number of piperidine rings is 3. The molecule has 2 aromatic carbocycles. The first-order valence-electron chi connectivity index (χ1n) is 11.6. The molecule has 2 atom stereocenters. The summed E-state index contributed by atoms with van der Waals surface area (Å²) in [6, 6.07) is 7.31. The Morgan fingerprint density at radius 1 is 1.12 bits per heavy atom. The first kappa shape index (κ1) is 22.1. The molecule has 3 heterocycles. The van der Waals surface area contributed by atoms with Gasteiger partial charge in [0.15, 0.2) is 11.6 Å². The lowest BCUT2D eigenvalue weighted by Gasteiger charge is -2.44. The summed E-state index contributed by atoms with van der Waals surface area (Å²) in [5.74, 6) is -0.444. The fraction of sp³-hybridized carbons (Fsp3) is 0.500. The van der Waals surface area contributed by atoms with Crippen LogP contribution in [0, 0.1) is 23.0 Å². The van der Waals surface area contributed by atoms with Gasteiger partial charge in [-0.3, -0.25) is 4.90 Å². The van der Waals surface area contributed by atoms with Gasteiger partial charge in [0.25, 0.3) is 0 Å². The molecule has 176 valence electrons. The highest BCUT2D eigenvalue weighted by Gasteiger charge is 2.42. The molecule has 2 aromatic rings. The third-order valence-electron chi connectivity index (χ3n) is 7.55. The molecule has 1 N–H and O–H groups in total. The second kappa shape index (κ2) is 8.28. The Bertz CT molecular complexity index is 1080. The van der Waals surface area contributed by atoms with Gasteiger partial charge in [-0.05, 0) is 84.6 Å². The number of amides is 1. The topological polar surface area (TPSA) is 50.8 Å². The molecule has 3 fully saturated rings. The highest BCUT2D eigenvalue weighted by molar-refractivity contribution is 5.71. The summed E-state index contributed by atoms with van der Waals surface area (Å²) < 4.78 is 40.2. The Hall–Kier alpha value is -2.67. The lowest BCUT2D eigenvalue weighted by atomic mass is 9.85. The Morgan fingerprint density at radius 3 is 2.52 bits per heavy atom.